The maximum Gasteiger partial charge on any atom is 0.0105 e. The summed E-state index contributed by atoms with van der Waals surface area (Å²) in [5.74, 6) is 0.912. The number of nitrogens with zero attached hydrogens (tertiary/aromatic N) is 2. The molecule has 1 unspecified atom stereocenters. The number of halogens is 1. The lowest BCUT2D eigenvalue weighted by Crippen LogP contribution is -2.35. The molecule has 2 rings (SSSR count). The van der Waals surface area contributed by atoms with Crippen LogP contribution in [0.4, 0.5) is 0 Å². The van der Waals surface area contributed by atoms with E-state index in [1.54, 1.807) is 0 Å². The van der Waals surface area contributed by atoms with Crippen molar-refractivity contribution in [3.05, 3.63) is 0 Å². The smallest absolute Gasteiger partial charge is 0.0105 e. The van der Waals surface area contributed by atoms with Gasteiger partial charge in [0.1, 0.15) is 0 Å². The van der Waals surface area contributed by atoms with Crippen molar-refractivity contribution in [3.63, 3.8) is 0 Å². The van der Waals surface area contributed by atoms with Gasteiger partial charge >= 0.3 is 0 Å². The minimum atomic E-state index is 0. The molecule has 0 amide bonds. The fourth-order valence-corrected chi connectivity index (χ4v) is 2.95. The van der Waals surface area contributed by atoms with Gasteiger partial charge in [0.2, 0.25) is 0 Å². The van der Waals surface area contributed by atoms with Gasteiger partial charge in [-0.2, -0.15) is 0 Å². The summed E-state index contributed by atoms with van der Waals surface area (Å²) in [6.07, 6.45) is 5.66. The van der Waals surface area contributed by atoms with Crippen LogP contribution >= 0.6 is 12.4 Å². The topological polar surface area (TPSA) is 32.5 Å². The maximum absolute atomic E-state index is 5.59. The molecular weight excluding hydrogens is 222 g/mol. The number of nitrogens with two attached hydrogens (primary N) is 1. The van der Waals surface area contributed by atoms with Crippen LogP contribution < -0.4 is 5.73 Å². The molecule has 0 aromatic carbocycles. The Morgan fingerprint density at radius 3 is 2.44 bits per heavy atom. The Morgan fingerprint density at radius 1 is 1.00 bits per heavy atom. The van der Waals surface area contributed by atoms with Crippen LogP contribution in [0.25, 0.3) is 0 Å². The van der Waals surface area contributed by atoms with Crippen molar-refractivity contribution < 1.29 is 0 Å². The second-order valence-corrected chi connectivity index (χ2v) is 5.11. The molecule has 2 heterocycles. The minimum absolute atomic E-state index is 0. The Balaban J connectivity index is 0.00000128. The molecule has 0 aliphatic carbocycles. The van der Waals surface area contributed by atoms with E-state index in [9.17, 15) is 0 Å². The molecule has 1 atom stereocenters. The third kappa shape index (κ3) is 4.21. The van der Waals surface area contributed by atoms with Crippen LogP contribution in [0.3, 0.4) is 0 Å². The van der Waals surface area contributed by atoms with Crippen LogP contribution in [0.15, 0.2) is 0 Å². The van der Waals surface area contributed by atoms with Gasteiger partial charge in [-0.1, -0.05) is 6.42 Å². The highest BCUT2D eigenvalue weighted by atomic mass is 35.5. The van der Waals surface area contributed by atoms with Crippen molar-refractivity contribution in [3.8, 4) is 0 Å². The van der Waals surface area contributed by atoms with E-state index in [0.29, 0.717) is 0 Å². The van der Waals surface area contributed by atoms with Gasteiger partial charge in [0.05, 0.1) is 0 Å². The van der Waals surface area contributed by atoms with Crippen LogP contribution in [0, 0.1) is 5.92 Å². The molecule has 2 saturated heterocycles. The Hall–Kier alpha value is 0.170. The van der Waals surface area contributed by atoms with Gasteiger partial charge < -0.3 is 15.5 Å². The van der Waals surface area contributed by atoms with Crippen LogP contribution in [0.5, 0.6) is 0 Å². The monoisotopic (exact) mass is 247 g/mol. The first-order chi connectivity index (χ1) is 7.38. The fourth-order valence-electron chi connectivity index (χ4n) is 2.95. The van der Waals surface area contributed by atoms with Crippen LogP contribution in [-0.4, -0.2) is 55.6 Å². The average Bonchev–Trinajstić information content (AvgIpc) is 2.68. The standard InChI is InChI=1S/C12H25N3.ClH/c13-5-9-15-8-4-12(11-15)10-14-6-2-1-3-7-14;/h12H,1-11,13H2;1H. The Labute approximate surface area is 106 Å². The summed E-state index contributed by atoms with van der Waals surface area (Å²) in [5.41, 5.74) is 5.59. The largest absolute Gasteiger partial charge is 0.329 e. The molecule has 2 N–H and O–H groups in total. The van der Waals surface area contributed by atoms with Gasteiger partial charge in [-0.25, -0.2) is 0 Å². The first-order valence-electron chi connectivity index (χ1n) is 6.53. The summed E-state index contributed by atoms with van der Waals surface area (Å²) in [6.45, 7) is 8.48. The molecule has 3 nitrogen and oxygen atoms in total. The summed E-state index contributed by atoms with van der Waals surface area (Å²) in [7, 11) is 0. The van der Waals surface area contributed by atoms with Crippen LogP contribution in [0.2, 0.25) is 0 Å². The van der Waals surface area contributed by atoms with Crippen LogP contribution in [-0.2, 0) is 0 Å². The summed E-state index contributed by atoms with van der Waals surface area (Å²) in [5, 5.41) is 0. The van der Waals surface area contributed by atoms with E-state index >= 15 is 0 Å². The molecule has 0 saturated carbocycles. The molecule has 0 aromatic rings. The second kappa shape index (κ2) is 7.49. The predicted molar refractivity (Wildman–Crippen MR) is 71.1 cm³/mol. The van der Waals surface area contributed by atoms with E-state index in [-0.39, 0.29) is 12.4 Å². The SMILES string of the molecule is Cl.NCCN1CCC(CN2CCCCC2)C1. The summed E-state index contributed by atoms with van der Waals surface area (Å²) in [6, 6.07) is 0. The third-order valence-corrected chi connectivity index (χ3v) is 3.78. The quantitative estimate of drug-likeness (QED) is 0.810. The summed E-state index contributed by atoms with van der Waals surface area (Å²) in [4.78, 5) is 5.19. The number of likely N-dealkylation sites (tertiary alicyclic amines) is 2. The first-order valence-corrected chi connectivity index (χ1v) is 6.53. The van der Waals surface area contributed by atoms with Crippen molar-refractivity contribution in [1.82, 2.24) is 9.80 Å². The van der Waals surface area contributed by atoms with E-state index in [4.69, 9.17) is 5.73 Å². The van der Waals surface area contributed by atoms with Crippen molar-refractivity contribution in [2.75, 3.05) is 45.8 Å². The molecule has 2 aliphatic rings. The van der Waals surface area contributed by atoms with Gasteiger partial charge in [0.15, 0.2) is 0 Å². The lowest BCUT2D eigenvalue weighted by atomic mass is 10.1. The summed E-state index contributed by atoms with van der Waals surface area (Å²) >= 11 is 0. The first kappa shape index (κ1) is 14.2. The lowest BCUT2D eigenvalue weighted by Gasteiger charge is -2.29. The van der Waals surface area contributed by atoms with E-state index in [0.717, 1.165) is 19.0 Å². The van der Waals surface area contributed by atoms with Gasteiger partial charge in [0.25, 0.3) is 0 Å². The predicted octanol–water partition coefficient (Wildman–Crippen LogP) is 1.17. The van der Waals surface area contributed by atoms with E-state index in [1.807, 2.05) is 0 Å². The van der Waals surface area contributed by atoms with Crippen molar-refractivity contribution >= 4 is 12.4 Å². The van der Waals surface area contributed by atoms with Crippen molar-refractivity contribution in [2.24, 2.45) is 11.7 Å². The van der Waals surface area contributed by atoms with Crippen molar-refractivity contribution in [2.45, 2.75) is 25.7 Å². The highest BCUT2D eigenvalue weighted by Gasteiger charge is 2.24. The van der Waals surface area contributed by atoms with Gasteiger partial charge in [-0.3, -0.25) is 0 Å². The Morgan fingerprint density at radius 2 is 1.75 bits per heavy atom. The van der Waals surface area contributed by atoms with Gasteiger partial charge in [-0.15, -0.1) is 12.4 Å². The fraction of sp³-hybridized carbons (Fsp3) is 1.00. The molecule has 0 bridgehead atoms. The maximum atomic E-state index is 5.59. The number of hydrogen-bond acceptors (Lipinski definition) is 3. The molecule has 2 aliphatic heterocycles. The van der Waals surface area contributed by atoms with E-state index < -0.39 is 0 Å². The highest BCUT2D eigenvalue weighted by molar-refractivity contribution is 5.85. The third-order valence-electron chi connectivity index (χ3n) is 3.78. The Bertz CT molecular complexity index is 183. The normalized spacial score (nSPS) is 27.9. The number of hydrogen-bond donors (Lipinski definition) is 1. The van der Waals surface area contributed by atoms with E-state index in [2.05, 4.69) is 9.80 Å². The van der Waals surface area contributed by atoms with E-state index in [1.165, 1.54) is 58.4 Å². The van der Waals surface area contributed by atoms with Crippen molar-refractivity contribution in [1.29, 1.82) is 0 Å². The zero-order chi connectivity index (χ0) is 10.5. The molecule has 0 spiro atoms. The van der Waals surface area contributed by atoms with Gasteiger partial charge in [-0.05, 0) is 44.8 Å². The molecular formula is C12H26ClN3. The number of rotatable bonds is 4. The second-order valence-electron chi connectivity index (χ2n) is 5.11. The molecule has 0 radical (unpaired) electrons. The average molecular weight is 248 g/mol. The van der Waals surface area contributed by atoms with Gasteiger partial charge in [0, 0.05) is 26.2 Å². The lowest BCUT2D eigenvalue weighted by molar-refractivity contribution is 0.194. The Kier molecular flexibility index (Phi) is 6.66. The zero-order valence-electron chi connectivity index (χ0n) is 10.2. The highest BCUT2D eigenvalue weighted by Crippen LogP contribution is 2.19. The minimum Gasteiger partial charge on any atom is -0.329 e. The van der Waals surface area contributed by atoms with Crippen LogP contribution in [0.1, 0.15) is 25.7 Å². The summed E-state index contributed by atoms with van der Waals surface area (Å²) < 4.78 is 0. The number of piperidine rings is 1. The molecule has 96 valence electrons. The molecule has 4 heteroatoms. The molecule has 2 fully saturated rings. The molecule has 16 heavy (non-hydrogen) atoms. The molecule has 0 aromatic heterocycles. The zero-order valence-corrected chi connectivity index (χ0v) is 11.1.